The Morgan fingerprint density at radius 3 is 2.53 bits per heavy atom. The molecule has 98 valence electrons. The average Bonchev–Trinajstić information content (AvgIpc) is 2.18. The maximum atomic E-state index is 10.8. The summed E-state index contributed by atoms with van der Waals surface area (Å²) in [6.07, 6.45) is 2.26. The Morgan fingerprint density at radius 2 is 2.12 bits per heavy atom. The van der Waals surface area contributed by atoms with Crippen LogP contribution in [0, 0.1) is 11.3 Å². The Labute approximate surface area is 102 Å². The van der Waals surface area contributed by atoms with Gasteiger partial charge >= 0.3 is 5.97 Å². The minimum atomic E-state index is -0.809. The molecule has 5 nitrogen and oxygen atoms in total. The third kappa shape index (κ3) is 2.46. The van der Waals surface area contributed by atoms with Crippen molar-refractivity contribution in [2.75, 3.05) is 33.4 Å². The lowest BCUT2D eigenvalue weighted by atomic mass is 9.64. The van der Waals surface area contributed by atoms with E-state index in [1.807, 2.05) is 0 Å². The van der Waals surface area contributed by atoms with Gasteiger partial charge in [-0.3, -0.25) is 4.79 Å². The molecule has 0 radical (unpaired) electrons. The first-order chi connectivity index (χ1) is 8.04. The van der Waals surface area contributed by atoms with E-state index >= 15 is 0 Å². The van der Waals surface area contributed by atoms with E-state index in [-0.39, 0.29) is 17.9 Å². The van der Waals surface area contributed by atoms with E-state index in [0.717, 1.165) is 25.9 Å². The summed E-state index contributed by atoms with van der Waals surface area (Å²) in [6.45, 7) is 3.42. The number of nitrogens with zero attached hydrogens (tertiary/aromatic N) is 1. The first kappa shape index (κ1) is 12.8. The van der Waals surface area contributed by atoms with Crippen molar-refractivity contribution in [3.05, 3.63) is 0 Å². The van der Waals surface area contributed by atoms with Crippen molar-refractivity contribution in [1.29, 1.82) is 0 Å². The van der Waals surface area contributed by atoms with Crippen molar-refractivity contribution in [2.45, 2.75) is 25.3 Å². The van der Waals surface area contributed by atoms with Crippen LogP contribution in [-0.4, -0.2) is 55.4 Å². The molecule has 2 fully saturated rings. The van der Waals surface area contributed by atoms with Gasteiger partial charge in [0, 0.05) is 11.5 Å². The molecule has 0 spiro atoms. The number of carboxylic acids is 1. The second-order valence-corrected chi connectivity index (χ2v) is 5.51. The molecule has 0 aromatic carbocycles. The number of likely N-dealkylation sites (tertiary alicyclic amines) is 1. The number of aliphatic carboxylic acids is 1. The molecule has 0 saturated carbocycles. The van der Waals surface area contributed by atoms with Crippen molar-refractivity contribution in [3.63, 3.8) is 0 Å². The van der Waals surface area contributed by atoms with E-state index in [1.54, 1.807) is 0 Å². The fourth-order valence-corrected chi connectivity index (χ4v) is 3.07. The Morgan fingerprint density at radius 1 is 1.53 bits per heavy atom. The van der Waals surface area contributed by atoms with Crippen LogP contribution in [0.25, 0.3) is 0 Å². The molecular weight excluding hydrogens is 220 g/mol. The fraction of sp³-hybridized carbons (Fsp3) is 0.917. The van der Waals surface area contributed by atoms with Crippen LogP contribution in [-0.2, 0) is 9.53 Å². The first-order valence-corrected chi connectivity index (χ1v) is 6.28. The van der Waals surface area contributed by atoms with Crippen LogP contribution >= 0.6 is 0 Å². The van der Waals surface area contributed by atoms with Crippen LogP contribution in [0.15, 0.2) is 0 Å². The number of hydrogen-bond acceptors (Lipinski definition) is 4. The molecule has 2 heterocycles. The average molecular weight is 242 g/mol. The van der Waals surface area contributed by atoms with Crippen molar-refractivity contribution in [1.82, 2.24) is 4.90 Å². The first-order valence-electron chi connectivity index (χ1n) is 6.28. The lowest BCUT2D eigenvalue weighted by Gasteiger charge is -2.52. The number of piperidine rings is 1. The number of carboxylic acid groups (broad SMARTS) is 1. The summed E-state index contributed by atoms with van der Waals surface area (Å²) in [6, 6.07) is -0.276. The number of ether oxygens (including phenoxy) is 1. The maximum absolute atomic E-state index is 10.8. The molecule has 0 aromatic rings. The summed E-state index contributed by atoms with van der Waals surface area (Å²) < 4.78 is 5.33. The highest BCUT2D eigenvalue weighted by atomic mass is 16.5. The molecule has 2 aliphatic heterocycles. The molecule has 2 rings (SSSR count). The number of rotatable bonds is 4. The van der Waals surface area contributed by atoms with Gasteiger partial charge in [0.25, 0.3) is 0 Å². The zero-order valence-electron chi connectivity index (χ0n) is 10.4. The highest BCUT2D eigenvalue weighted by Gasteiger charge is 2.50. The second kappa shape index (κ2) is 4.92. The van der Waals surface area contributed by atoms with E-state index < -0.39 is 5.97 Å². The molecule has 1 atom stereocenters. The van der Waals surface area contributed by atoms with E-state index in [2.05, 4.69) is 11.9 Å². The lowest BCUT2D eigenvalue weighted by Crippen LogP contribution is -2.61. The summed E-state index contributed by atoms with van der Waals surface area (Å²) in [5.74, 6) is -0.293. The van der Waals surface area contributed by atoms with E-state index in [9.17, 15) is 4.79 Å². The molecule has 0 amide bonds. The Bertz CT molecular complexity index is 283. The molecular formula is C12H22N2O3. The van der Waals surface area contributed by atoms with Crippen molar-refractivity contribution < 1.29 is 14.6 Å². The topological polar surface area (TPSA) is 75.8 Å². The van der Waals surface area contributed by atoms with Gasteiger partial charge in [-0.25, -0.2) is 0 Å². The van der Waals surface area contributed by atoms with Gasteiger partial charge in [0.1, 0.15) is 0 Å². The highest BCUT2D eigenvalue weighted by Crippen LogP contribution is 2.44. The second-order valence-electron chi connectivity index (χ2n) is 5.51. The van der Waals surface area contributed by atoms with Crippen LogP contribution in [0.5, 0.6) is 0 Å². The molecule has 1 unspecified atom stereocenters. The van der Waals surface area contributed by atoms with E-state index in [1.165, 1.54) is 0 Å². The van der Waals surface area contributed by atoms with Crippen molar-refractivity contribution in [3.8, 4) is 0 Å². The van der Waals surface area contributed by atoms with Crippen LogP contribution < -0.4 is 5.73 Å². The van der Waals surface area contributed by atoms with Gasteiger partial charge in [0.05, 0.1) is 19.6 Å². The fourth-order valence-electron chi connectivity index (χ4n) is 3.07. The smallest absolute Gasteiger partial charge is 0.304 e. The quantitative estimate of drug-likeness (QED) is 0.734. The normalized spacial score (nSPS) is 27.4. The highest BCUT2D eigenvalue weighted by molar-refractivity contribution is 5.67. The van der Waals surface area contributed by atoms with Gasteiger partial charge in [-0.15, -0.1) is 0 Å². The minimum Gasteiger partial charge on any atom is -0.481 e. The predicted molar refractivity (Wildman–Crippen MR) is 63.7 cm³/mol. The van der Waals surface area contributed by atoms with Crippen molar-refractivity contribution >= 4 is 5.97 Å². The third-order valence-electron chi connectivity index (χ3n) is 4.41. The molecule has 0 bridgehead atoms. The summed E-state index contributed by atoms with van der Waals surface area (Å²) in [4.78, 5) is 13.1. The van der Waals surface area contributed by atoms with Crippen LogP contribution in [0.4, 0.5) is 0 Å². The van der Waals surface area contributed by atoms with E-state index in [0.29, 0.717) is 19.1 Å². The molecule has 2 aliphatic rings. The number of hydrogen-bond donors (Lipinski definition) is 2. The number of nitrogens with two attached hydrogens (primary N) is 1. The molecule has 0 aliphatic carbocycles. The van der Waals surface area contributed by atoms with Gasteiger partial charge in [-0.1, -0.05) is 0 Å². The Hall–Kier alpha value is -0.650. The minimum absolute atomic E-state index is 0.0513. The summed E-state index contributed by atoms with van der Waals surface area (Å²) >= 11 is 0. The van der Waals surface area contributed by atoms with Gasteiger partial charge < -0.3 is 20.5 Å². The summed E-state index contributed by atoms with van der Waals surface area (Å²) in [5.41, 5.74) is 6.02. The van der Waals surface area contributed by atoms with Gasteiger partial charge in [0.15, 0.2) is 0 Å². The molecule has 5 heteroatoms. The van der Waals surface area contributed by atoms with Crippen LogP contribution in [0.3, 0.4) is 0 Å². The molecule has 17 heavy (non-hydrogen) atoms. The maximum Gasteiger partial charge on any atom is 0.304 e. The predicted octanol–water partition coefficient (Wildman–Crippen LogP) is 0.147. The standard InChI is InChI=1S/C12H22N2O3/c1-14-4-2-9(3-5-14)12(7-17-8-12)10(13)6-11(15)16/h9-10H,2-8,13H2,1H3,(H,15,16). The van der Waals surface area contributed by atoms with Gasteiger partial charge in [-0.05, 0) is 38.9 Å². The monoisotopic (exact) mass is 242 g/mol. The zero-order valence-corrected chi connectivity index (χ0v) is 10.4. The van der Waals surface area contributed by atoms with Gasteiger partial charge in [0.2, 0.25) is 0 Å². The summed E-state index contributed by atoms with van der Waals surface area (Å²) in [7, 11) is 2.12. The Kier molecular flexibility index (Phi) is 3.70. The SMILES string of the molecule is CN1CCC(C2(C(N)CC(=O)O)COC2)CC1. The van der Waals surface area contributed by atoms with Crippen LogP contribution in [0.2, 0.25) is 0 Å². The van der Waals surface area contributed by atoms with Gasteiger partial charge in [-0.2, -0.15) is 0 Å². The zero-order chi connectivity index (χ0) is 12.5. The third-order valence-corrected chi connectivity index (χ3v) is 4.41. The molecule has 2 saturated heterocycles. The summed E-state index contributed by atoms with van der Waals surface area (Å²) in [5, 5.41) is 8.88. The molecule has 3 N–H and O–H groups in total. The van der Waals surface area contributed by atoms with Crippen molar-refractivity contribution in [2.24, 2.45) is 17.1 Å². The lowest BCUT2D eigenvalue weighted by molar-refractivity contribution is -0.172. The molecule has 0 aromatic heterocycles. The van der Waals surface area contributed by atoms with E-state index in [4.69, 9.17) is 15.6 Å². The Balaban J connectivity index is 2.01. The number of carbonyl (C=O) groups is 1. The largest absolute Gasteiger partial charge is 0.481 e. The van der Waals surface area contributed by atoms with Crippen LogP contribution in [0.1, 0.15) is 19.3 Å².